The first-order valence-electron chi connectivity index (χ1n) is 12.4. The highest BCUT2D eigenvalue weighted by Crippen LogP contribution is 2.38. The molecule has 3 aromatic rings. The molecule has 0 amide bonds. The molecule has 0 unspecified atom stereocenters. The van der Waals surface area contributed by atoms with E-state index >= 15 is 0 Å². The summed E-state index contributed by atoms with van der Waals surface area (Å²) in [7, 11) is 0. The van der Waals surface area contributed by atoms with Gasteiger partial charge in [0.2, 0.25) is 17.5 Å². The fourth-order valence-corrected chi connectivity index (χ4v) is 4.68. The zero-order chi connectivity index (χ0) is 29.6. The molecule has 0 saturated carbocycles. The summed E-state index contributed by atoms with van der Waals surface area (Å²) in [6.45, 7) is -1.26. The van der Waals surface area contributed by atoms with Crippen molar-refractivity contribution in [2.75, 3.05) is 13.2 Å². The summed E-state index contributed by atoms with van der Waals surface area (Å²) >= 11 is 0. The van der Waals surface area contributed by atoms with Gasteiger partial charge in [-0.1, -0.05) is 12.1 Å². The second-order valence-corrected chi connectivity index (χ2v) is 9.65. The molecule has 2 fully saturated rings. The molecule has 0 aliphatic carbocycles. The van der Waals surface area contributed by atoms with Gasteiger partial charge in [0.25, 0.3) is 0 Å². The molecule has 2 aromatic carbocycles. The van der Waals surface area contributed by atoms with Gasteiger partial charge in [-0.2, -0.15) is 0 Å². The maximum absolute atomic E-state index is 13.6. The number of hydrogen-bond donors (Lipinski definition) is 9. The minimum atomic E-state index is -1.88. The molecule has 5 rings (SSSR count). The first-order chi connectivity index (χ1) is 19.5. The number of aliphatic hydroxyl groups excluding tert-OH is 6. The van der Waals surface area contributed by atoms with E-state index in [-0.39, 0.29) is 28.0 Å². The van der Waals surface area contributed by atoms with Gasteiger partial charge in [-0.3, -0.25) is 4.79 Å². The summed E-state index contributed by atoms with van der Waals surface area (Å²) in [5.41, 5.74) is -1.05. The molecule has 0 radical (unpaired) electrons. The van der Waals surface area contributed by atoms with Crippen LogP contribution in [-0.4, -0.2) is 114 Å². The van der Waals surface area contributed by atoms with E-state index in [0.717, 1.165) is 12.1 Å². The van der Waals surface area contributed by atoms with Crippen LogP contribution in [0, 0.1) is 0 Å². The highest BCUT2D eigenvalue weighted by molar-refractivity contribution is 5.88. The number of aromatic hydroxyl groups is 3. The minimum absolute atomic E-state index is 0.129. The van der Waals surface area contributed by atoms with E-state index in [1.807, 2.05) is 0 Å². The van der Waals surface area contributed by atoms with Crippen LogP contribution in [0.25, 0.3) is 22.3 Å². The maximum Gasteiger partial charge on any atom is 0.239 e. The Kier molecular flexibility index (Phi) is 8.06. The first kappa shape index (κ1) is 29.0. The van der Waals surface area contributed by atoms with Gasteiger partial charge in [0.1, 0.15) is 64.8 Å². The van der Waals surface area contributed by atoms with E-state index in [0.29, 0.717) is 0 Å². The van der Waals surface area contributed by atoms with Crippen LogP contribution in [0.15, 0.2) is 45.6 Å². The van der Waals surface area contributed by atoms with Gasteiger partial charge in [0, 0.05) is 17.7 Å². The zero-order valence-electron chi connectivity index (χ0n) is 21.0. The zero-order valence-corrected chi connectivity index (χ0v) is 21.0. The third-order valence-electron chi connectivity index (χ3n) is 6.83. The number of aliphatic hydroxyl groups is 6. The molecule has 41 heavy (non-hydrogen) atoms. The van der Waals surface area contributed by atoms with E-state index in [1.54, 1.807) is 0 Å². The lowest BCUT2D eigenvalue weighted by molar-refractivity contribution is -0.348. The molecular formula is C26H28O15. The van der Waals surface area contributed by atoms with E-state index in [1.165, 1.54) is 24.3 Å². The van der Waals surface area contributed by atoms with Crippen molar-refractivity contribution in [1.29, 1.82) is 0 Å². The smallest absolute Gasteiger partial charge is 0.239 e. The lowest BCUT2D eigenvalue weighted by atomic mass is 9.99. The molecule has 3 heterocycles. The van der Waals surface area contributed by atoms with Crippen molar-refractivity contribution in [3.05, 3.63) is 46.6 Å². The third kappa shape index (κ3) is 5.42. The standard InChI is InChI=1S/C26H28O15/c27-7-15-18(33)20(35)21(36)25(39-15)41-24-17(32)13(31)8-37-26(24)40-23-19(34)16-12(30)5-11(29)6-14(16)38-22(23)9-2-1-3-10(28)4-9/h1-6,13,15,17-18,20-21,24-33,35-36H,7-8H2/t13-,15-,17+,18+,20+,21-,24-,25+,26+/m1/s1. The summed E-state index contributed by atoms with van der Waals surface area (Å²) in [5, 5.41) is 91.0. The highest BCUT2D eigenvalue weighted by atomic mass is 16.8. The number of fused-ring (bicyclic) bond motifs is 1. The summed E-state index contributed by atoms with van der Waals surface area (Å²) in [4.78, 5) is 13.6. The Morgan fingerprint density at radius 2 is 1.63 bits per heavy atom. The number of rotatable bonds is 6. The molecule has 2 saturated heterocycles. The van der Waals surface area contributed by atoms with Crippen LogP contribution in [0.2, 0.25) is 0 Å². The Bertz CT molecular complexity index is 1450. The molecule has 2 aliphatic rings. The van der Waals surface area contributed by atoms with Gasteiger partial charge < -0.3 is 69.3 Å². The average molecular weight is 580 g/mol. The lowest BCUT2D eigenvalue weighted by Crippen LogP contribution is -2.63. The second kappa shape index (κ2) is 11.4. The van der Waals surface area contributed by atoms with Gasteiger partial charge in [0.05, 0.1) is 13.2 Å². The Morgan fingerprint density at radius 1 is 0.878 bits per heavy atom. The van der Waals surface area contributed by atoms with Crippen molar-refractivity contribution >= 4 is 11.0 Å². The monoisotopic (exact) mass is 580 g/mol. The molecule has 0 bridgehead atoms. The number of ether oxygens (including phenoxy) is 4. The molecule has 15 nitrogen and oxygen atoms in total. The van der Waals surface area contributed by atoms with Crippen LogP contribution in [0.4, 0.5) is 0 Å². The topological polar surface area (TPSA) is 249 Å². The lowest BCUT2D eigenvalue weighted by Gasteiger charge is -2.44. The van der Waals surface area contributed by atoms with Gasteiger partial charge >= 0.3 is 0 Å². The molecule has 9 atom stereocenters. The summed E-state index contributed by atoms with van der Waals surface area (Å²) < 4.78 is 28.1. The van der Waals surface area contributed by atoms with Crippen molar-refractivity contribution in [3.63, 3.8) is 0 Å². The van der Waals surface area contributed by atoms with Gasteiger partial charge in [-0.15, -0.1) is 0 Å². The van der Waals surface area contributed by atoms with Crippen LogP contribution in [0.1, 0.15) is 0 Å². The van der Waals surface area contributed by atoms with Gasteiger partial charge in [-0.05, 0) is 12.1 Å². The molecule has 0 spiro atoms. The molecule has 15 heteroatoms. The average Bonchev–Trinajstić information content (AvgIpc) is 2.93. The van der Waals surface area contributed by atoms with E-state index in [2.05, 4.69) is 0 Å². The minimum Gasteiger partial charge on any atom is -0.508 e. The molecular weight excluding hydrogens is 552 g/mol. The summed E-state index contributed by atoms with van der Waals surface area (Å²) in [6, 6.07) is 7.48. The van der Waals surface area contributed by atoms with Crippen LogP contribution in [0.3, 0.4) is 0 Å². The number of benzene rings is 2. The summed E-state index contributed by atoms with van der Waals surface area (Å²) in [6.07, 6.45) is -15.2. The number of phenols is 3. The van der Waals surface area contributed by atoms with Crippen LogP contribution in [0.5, 0.6) is 23.0 Å². The fourth-order valence-electron chi connectivity index (χ4n) is 4.68. The van der Waals surface area contributed by atoms with Crippen molar-refractivity contribution < 1.29 is 69.3 Å². The number of phenolic OH excluding ortho intramolecular Hbond substituents is 3. The van der Waals surface area contributed by atoms with Crippen molar-refractivity contribution in [3.8, 4) is 34.3 Å². The van der Waals surface area contributed by atoms with Crippen molar-refractivity contribution in [2.24, 2.45) is 0 Å². The molecule has 2 aliphatic heterocycles. The first-order valence-corrected chi connectivity index (χ1v) is 12.4. The predicted molar refractivity (Wildman–Crippen MR) is 134 cm³/mol. The van der Waals surface area contributed by atoms with Crippen molar-refractivity contribution in [1.82, 2.24) is 0 Å². The predicted octanol–water partition coefficient (Wildman–Crippen LogP) is -1.78. The maximum atomic E-state index is 13.6. The normalized spacial score (nSPS) is 32.2. The fraction of sp³-hybridized carbons (Fsp3) is 0.423. The Hall–Kier alpha value is -3.51. The van der Waals surface area contributed by atoms with E-state index in [4.69, 9.17) is 23.4 Å². The summed E-state index contributed by atoms with van der Waals surface area (Å²) in [5.74, 6) is -2.12. The second-order valence-electron chi connectivity index (χ2n) is 9.65. The van der Waals surface area contributed by atoms with E-state index < -0.39 is 91.2 Å². The molecule has 222 valence electrons. The van der Waals surface area contributed by atoms with Crippen LogP contribution < -0.4 is 10.2 Å². The Labute approximate surface area is 230 Å². The van der Waals surface area contributed by atoms with Crippen LogP contribution >= 0.6 is 0 Å². The number of hydrogen-bond acceptors (Lipinski definition) is 15. The quantitative estimate of drug-likeness (QED) is 0.156. The third-order valence-corrected chi connectivity index (χ3v) is 6.83. The molecule has 1 aromatic heterocycles. The highest BCUT2D eigenvalue weighted by Gasteiger charge is 2.49. The van der Waals surface area contributed by atoms with Gasteiger partial charge in [-0.25, -0.2) is 0 Å². The largest absolute Gasteiger partial charge is 0.508 e. The van der Waals surface area contributed by atoms with E-state index in [9.17, 15) is 50.8 Å². The van der Waals surface area contributed by atoms with Crippen molar-refractivity contribution in [2.45, 2.75) is 55.3 Å². The van der Waals surface area contributed by atoms with Gasteiger partial charge in [0.15, 0.2) is 18.2 Å². The van der Waals surface area contributed by atoms with Crippen LogP contribution in [-0.2, 0) is 14.2 Å². The molecule has 9 N–H and O–H groups in total. The Morgan fingerprint density at radius 3 is 2.34 bits per heavy atom. The Balaban J connectivity index is 1.57. The SMILES string of the molecule is O=c1c(O[C@@H]2OC[C@@H](O)[C@H](O)[C@H]2O[C@@H]2O[C@H](CO)[C@H](O)[C@H](O)[C@H]2O)c(-c2cccc(O)c2)oc2cc(O)cc(O)c12.